The second-order valence-corrected chi connectivity index (χ2v) is 11.6. The molecule has 3 fully saturated rings. The number of imide groups is 1. The molecule has 1 saturated heterocycles. The van der Waals surface area contributed by atoms with Crippen molar-refractivity contribution < 1.29 is 14.4 Å². The predicted molar refractivity (Wildman–Crippen MR) is 127 cm³/mol. The Hall–Kier alpha value is -0.480. The van der Waals surface area contributed by atoms with Gasteiger partial charge in [-0.25, -0.2) is 0 Å². The van der Waals surface area contributed by atoms with Crippen LogP contribution in [0.4, 0.5) is 5.69 Å². The van der Waals surface area contributed by atoms with Crippen LogP contribution < -0.4 is 5.32 Å². The minimum atomic E-state index is -0.134. The van der Waals surface area contributed by atoms with Gasteiger partial charge in [0.2, 0.25) is 17.7 Å². The number of alkyl halides is 2. The van der Waals surface area contributed by atoms with Crippen molar-refractivity contribution >= 4 is 77.9 Å². The minimum Gasteiger partial charge on any atom is -0.326 e. The van der Waals surface area contributed by atoms with E-state index in [1.165, 1.54) is 4.90 Å². The SMILES string of the molecule is O=C(CCCCCN1C(=O)[C@H]2[C@@H]3C[C@@H]([C@@H](Br)[C@H]3Br)[C@@H]2C1=O)Nc1ccc(I)cc1. The van der Waals surface area contributed by atoms with E-state index in [0.717, 1.165) is 34.9 Å². The molecule has 0 radical (unpaired) electrons. The molecular formula is C21H23Br2IN2O3. The van der Waals surface area contributed by atoms with E-state index in [0.29, 0.717) is 13.0 Å². The maximum Gasteiger partial charge on any atom is 0.233 e. The lowest BCUT2D eigenvalue weighted by molar-refractivity contribution is -0.140. The number of carbonyl (C=O) groups excluding carboxylic acids is 3. The summed E-state index contributed by atoms with van der Waals surface area (Å²) in [7, 11) is 0. The molecule has 0 unspecified atom stereocenters. The fourth-order valence-corrected chi connectivity index (χ4v) is 7.35. The van der Waals surface area contributed by atoms with Gasteiger partial charge in [0.05, 0.1) is 11.8 Å². The Morgan fingerprint density at radius 1 is 1.00 bits per heavy atom. The van der Waals surface area contributed by atoms with Gasteiger partial charge in [0, 0.05) is 31.9 Å². The molecule has 0 aromatic heterocycles. The lowest BCUT2D eigenvalue weighted by Crippen LogP contribution is -2.37. The second kappa shape index (κ2) is 8.94. The number of hydrogen-bond acceptors (Lipinski definition) is 3. The molecule has 1 N–H and O–H groups in total. The molecule has 0 spiro atoms. The van der Waals surface area contributed by atoms with Crippen molar-refractivity contribution in [3.05, 3.63) is 27.8 Å². The standard InChI is InChI=1S/C21H23Br2IN2O3/c22-18-13-10-14(19(18)23)17-16(13)20(28)26(21(17)29)9-3-1-2-4-15(27)25-12-7-5-11(24)6-8-12/h5-8,13-14,16-19H,1-4,9-10H2,(H,25,27)/t13-,14+,16-,17-,18-,19+/m0/s1. The van der Waals surface area contributed by atoms with Gasteiger partial charge in [-0.15, -0.1) is 0 Å². The quantitative estimate of drug-likeness (QED) is 0.206. The van der Waals surface area contributed by atoms with E-state index >= 15 is 0 Å². The highest BCUT2D eigenvalue weighted by Crippen LogP contribution is 2.60. The molecule has 156 valence electrons. The highest BCUT2D eigenvalue weighted by molar-refractivity contribution is 14.1. The van der Waals surface area contributed by atoms with Crippen LogP contribution in [0.1, 0.15) is 32.1 Å². The number of rotatable bonds is 7. The molecule has 4 rings (SSSR count). The van der Waals surface area contributed by atoms with Crippen molar-refractivity contribution in [2.75, 3.05) is 11.9 Å². The average molecular weight is 638 g/mol. The van der Waals surface area contributed by atoms with Crippen molar-refractivity contribution in [1.82, 2.24) is 4.90 Å². The average Bonchev–Trinajstić information content (AvgIpc) is 3.29. The van der Waals surface area contributed by atoms with Crippen LogP contribution in [-0.4, -0.2) is 38.8 Å². The van der Waals surface area contributed by atoms with Gasteiger partial charge < -0.3 is 5.32 Å². The Morgan fingerprint density at radius 2 is 1.59 bits per heavy atom. The normalized spacial score (nSPS) is 32.7. The Bertz CT molecular complexity index is 787. The monoisotopic (exact) mass is 636 g/mol. The fourth-order valence-electron chi connectivity index (χ4n) is 5.12. The first-order valence-electron chi connectivity index (χ1n) is 10.1. The zero-order valence-corrected chi connectivity index (χ0v) is 21.2. The summed E-state index contributed by atoms with van der Waals surface area (Å²) in [5, 5.41) is 2.90. The van der Waals surface area contributed by atoms with E-state index in [2.05, 4.69) is 59.8 Å². The summed E-state index contributed by atoms with van der Waals surface area (Å²) in [6.45, 7) is 0.475. The zero-order chi connectivity index (χ0) is 20.7. The van der Waals surface area contributed by atoms with Crippen LogP contribution >= 0.6 is 54.5 Å². The molecule has 5 nitrogen and oxygen atoms in total. The molecular weight excluding hydrogens is 615 g/mol. The maximum atomic E-state index is 12.8. The number of fused-ring (bicyclic) bond motifs is 5. The topological polar surface area (TPSA) is 66.5 Å². The number of nitrogens with zero attached hydrogens (tertiary/aromatic N) is 1. The predicted octanol–water partition coefficient (Wildman–Crippen LogP) is 4.57. The van der Waals surface area contributed by atoms with E-state index in [1.54, 1.807) is 0 Å². The van der Waals surface area contributed by atoms with Crippen LogP contribution in [0.2, 0.25) is 0 Å². The van der Waals surface area contributed by atoms with Crippen LogP contribution in [0.3, 0.4) is 0 Å². The first-order valence-corrected chi connectivity index (χ1v) is 13.0. The summed E-state index contributed by atoms with van der Waals surface area (Å²) < 4.78 is 1.13. The number of nitrogens with one attached hydrogen (secondary N) is 1. The third-order valence-corrected chi connectivity index (χ3v) is 10.4. The van der Waals surface area contributed by atoms with E-state index in [-0.39, 0.29) is 51.0 Å². The Kier molecular flexibility index (Phi) is 6.70. The molecule has 1 aromatic carbocycles. The summed E-state index contributed by atoms with van der Waals surface area (Å²) in [5.41, 5.74) is 0.806. The van der Waals surface area contributed by atoms with Gasteiger partial charge in [-0.3, -0.25) is 19.3 Å². The van der Waals surface area contributed by atoms with Gasteiger partial charge >= 0.3 is 0 Å². The molecule has 2 aliphatic carbocycles. The lowest BCUT2D eigenvalue weighted by atomic mass is 9.81. The van der Waals surface area contributed by atoms with Crippen molar-refractivity contribution in [2.45, 2.75) is 41.8 Å². The first kappa shape index (κ1) is 21.7. The number of halogens is 3. The number of anilines is 1. The van der Waals surface area contributed by atoms with Crippen LogP contribution in [-0.2, 0) is 14.4 Å². The smallest absolute Gasteiger partial charge is 0.233 e. The molecule has 6 atom stereocenters. The fraction of sp³-hybridized carbons (Fsp3) is 0.571. The number of unbranched alkanes of at least 4 members (excludes halogenated alkanes) is 2. The van der Waals surface area contributed by atoms with Crippen molar-refractivity contribution in [2.24, 2.45) is 23.7 Å². The molecule has 2 bridgehead atoms. The molecule has 1 heterocycles. The molecule has 3 amide bonds. The lowest BCUT2D eigenvalue weighted by Gasteiger charge is -2.28. The summed E-state index contributed by atoms with van der Waals surface area (Å²) >= 11 is 9.65. The Morgan fingerprint density at radius 3 is 2.17 bits per heavy atom. The summed E-state index contributed by atoms with van der Waals surface area (Å²) in [6, 6.07) is 7.70. The largest absolute Gasteiger partial charge is 0.326 e. The minimum absolute atomic E-state index is 0.00244. The van der Waals surface area contributed by atoms with Gasteiger partial charge in [-0.2, -0.15) is 0 Å². The van der Waals surface area contributed by atoms with Gasteiger partial charge in [0.1, 0.15) is 0 Å². The number of benzene rings is 1. The van der Waals surface area contributed by atoms with Gasteiger partial charge in [-0.1, -0.05) is 38.3 Å². The third kappa shape index (κ3) is 4.18. The highest BCUT2D eigenvalue weighted by atomic mass is 127. The third-order valence-electron chi connectivity index (χ3n) is 6.49. The molecule has 1 aromatic rings. The van der Waals surface area contributed by atoms with E-state index in [4.69, 9.17) is 0 Å². The maximum absolute atomic E-state index is 12.8. The summed E-state index contributed by atoms with van der Waals surface area (Å²) in [5.74, 6) is 0.301. The van der Waals surface area contributed by atoms with Crippen LogP contribution in [0.15, 0.2) is 24.3 Å². The molecule has 1 aliphatic heterocycles. The molecule has 3 aliphatic rings. The second-order valence-electron chi connectivity index (χ2n) is 8.20. The van der Waals surface area contributed by atoms with Gasteiger partial charge in [0.15, 0.2) is 0 Å². The van der Waals surface area contributed by atoms with Crippen LogP contribution in [0.5, 0.6) is 0 Å². The van der Waals surface area contributed by atoms with Crippen LogP contribution in [0, 0.1) is 27.2 Å². The number of carbonyl (C=O) groups is 3. The Balaban J connectivity index is 1.20. The van der Waals surface area contributed by atoms with Gasteiger partial charge in [-0.05, 0) is 78.0 Å². The zero-order valence-electron chi connectivity index (χ0n) is 15.8. The van der Waals surface area contributed by atoms with Crippen molar-refractivity contribution in [3.8, 4) is 0 Å². The molecule has 8 heteroatoms. The van der Waals surface area contributed by atoms with E-state index in [1.807, 2.05) is 24.3 Å². The summed E-state index contributed by atoms with van der Waals surface area (Å²) in [6.07, 6.45) is 3.72. The number of hydrogen-bond donors (Lipinski definition) is 1. The van der Waals surface area contributed by atoms with Crippen LogP contribution in [0.25, 0.3) is 0 Å². The van der Waals surface area contributed by atoms with Crippen molar-refractivity contribution in [1.29, 1.82) is 0 Å². The highest BCUT2D eigenvalue weighted by Gasteiger charge is 2.66. The van der Waals surface area contributed by atoms with E-state index in [9.17, 15) is 14.4 Å². The van der Waals surface area contributed by atoms with Crippen molar-refractivity contribution in [3.63, 3.8) is 0 Å². The molecule has 29 heavy (non-hydrogen) atoms. The number of likely N-dealkylation sites (tertiary alicyclic amines) is 1. The number of amides is 3. The molecule has 2 saturated carbocycles. The van der Waals surface area contributed by atoms with Gasteiger partial charge in [0.25, 0.3) is 0 Å². The first-order chi connectivity index (χ1) is 13.9. The Labute approximate surface area is 201 Å². The van der Waals surface area contributed by atoms with E-state index < -0.39 is 0 Å². The summed E-state index contributed by atoms with van der Waals surface area (Å²) in [4.78, 5) is 39.8.